The molecule has 0 fully saturated rings. The molecule has 0 unspecified atom stereocenters. The molecule has 0 spiro atoms. The lowest BCUT2D eigenvalue weighted by Gasteiger charge is -2.21. The Morgan fingerprint density at radius 1 is 0.788 bits per heavy atom. The van der Waals surface area contributed by atoms with E-state index in [0.717, 1.165) is 35.8 Å². The molecular weight excluding hydrogens is 406 g/mol. The lowest BCUT2D eigenvalue weighted by atomic mass is 10.2. The fourth-order valence-electron chi connectivity index (χ4n) is 3.97. The van der Waals surface area contributed by atoms with E-state index in [1.165, 1.54) is 16.6 Å². The summed E-state index contributed by atoms with van der Waals surface area (Å²) in [5, 5.41) is 11.2. The molecule has 5 nitrogen and oxygen atoms in total. The second-order valence-corrected chi connectivity index (χ2v) is 8.04. The van der Waals surface area contributed by atoms with Crippen molar-refractivity contribution in [3.63, 3.8) is 0 Å². The van der Waals surface area contributed by atoms with E-state index in [1.54, 1.807) is 0 Å². The summed E-state index contributed by atoms with van der Waals surface area (Å²) in [6, 6.07) is 29.5. The minimum atomic E-state index is 1.01. The normalized spacial score (nSPS) is 11.2. The second-order valence-electron chi connectivity index (χ2n) is 8.04. The molecule has 0 aliphatic rings. The number of nitrogens with zero attached hydrogens (tertiary/aromatic N) is 4. The standard InChI is InChI=1S/C28H32N5/c1-5-33(6-2)26-19-14-24(15-20-26)30-23-12-17-25(18-13-23)32(4)29-21-27-16-11-22-9-7-8-10-28(22)31(27)3/h7-21,30H,5-6H2,1-4H3/q+1. The molecule has 1 heterocycles. The zero-order chi connectivity index (χ0) is 23.2. The van der Waals surface area contributed by atoms with Crippen molar-refractivity contribution in [2.24, 2.45) is 12.1 Å². The van der Waals surface area contributed by atoms with Gasteiger partial charge >= 0.3 is 0 Å². The van der Waals surface area contributed by atoms with Crippen LogP contribution in [0.15, 0.2) is 90.0 Å². The number of fused-ring (bicyclic) bond motifs is 1. The topological polar surface area (TPSA) is 34.8 Å². The Morgan fingerprint density at radius 2 is 1.39 bits per heavy atom. The van der Waals surface area contributed by atoms with Gasteiger partial charge in [0, 0.05) is 54.7 Å². The number of rotatable bonds is 8. The van der Waals surface area contributed by atoms with Crippen molar-refractivity contribution in [1.29, 1.82) is 0 Å². The van der Waals surface area contributed by atoms with Gasteiger partial charge in [0.1, 0.15) is 13.3 Å². The van der Waals surface area contributed by atoms with Gasteiger partial charge in [-0.25, -0.2) is 0 Å². The quantitative estimate of drug-likeness (QED) is 0.217. The van der Waals surface area contributed by atoms with Gasteiger partial charge in [0.2, 0.25) is 11.2 Å². The van der Waals surface area contributed by atoms with Gasteiger partial charge in [-0.05, 0) is 74.5 Å². The predicted molar refractivity (Wildman–Crippen MR) is 141 cm³/mol. The molecule has 0 saturated carbocycles. The molecule has 0 bridgehead atoms. The third-order valence-corrected chi connectivity index (χ3v) is 6.01. The fourth-order valence-corrected chi connectivity index (χ4v) is 3.97. The van der Waals surface area contributed by atoms with Crippen LogP contribution in [0.3, 0.4) is 0 Å². The SMILES string of the molecule is CCN(CC)c1ccc(Nc2ccc(N(C)/N=C/c3ccc4ccccc4[n+]3C)cc2)cc1. The summed E-state index contributed by atoms with van der Waals surface area (Å²) in [6.07, 6.45) is 1.90. The molecule has 0 atom stereocenters. The van der Waals surface area contributed by atoms with Crippen molar-refractivity contribution in [3.05, 3.63) is 90.6 Å². The molecule has 4 aromatic rings. The third kappa shape index (κ3) is 5.14. The van der Waals surface area contributed by atoms with Crippen LogP contribution < -0.4 is 19.8 Å². The number of hydrazone groups is 1. The number of aryl methyl sites for hydroxylation is 1. The lowest BCUT2D eigenvalue weighted by molar-refractivity contribution is -0.645. The van der Waals surface area contributed by atoms with Gasteiger partial charge < -0.3 is 10.2 Å². The highest BCUT2D eigenvalue weighted by Gasteiger charge is 2.09. The first kappa shape index (κ1) is 22.3. The van der Waals surface area contributed by atoms with Crippen LogP contribution in [0.25, 0.3) is 10.9 Å². The molecule has 0 aliphatic carbocycles. The number of hydrogen-bond donors (Lipinski definition) is 1. The molecule has 5 heteroatoms. The minimum Gasteiger partial charge on any atom is -0.372 e. The first-order chi connectivity index (χ1) is 16.1. The van der Waals surface area contributed by atoms with Crippen LogP contribution in [-0.2, 0) is 7.05 Å². The van der Waals surface area contributed by atoms with Gasteiger partial charge in [0.25, 0.3) is 0 Å². The van der Waals surface area contributed by atoms with Gasteiger partial charge in [0.15, 0.2) is 0 Å². The highest BCUT2D eigenvalue weighted by molar-refractivity contribution is 5.81. The van der Waals surface area contributed by atoms with Crippen LogP contribution in [0.5, 0.6) is 0 Å². The maximum Gasteiger partial charge on any atom is 0.225 e. The number of anilines is 4. The zero-order valence-corrected chi connectivity index (χ0v) is 19.9. The van der Waals surface area contributed by atoms with Crippen LogP contribution >= 0.6 is 0 Å². The highest BCUT2D eigenvalue weighted by atomic mass is 15.4. The summed E-state index contributed by atoms with van der Waals surface area (Å²) in [4.78, 5) is 2.34. The Morgan fingerprint density at radius 3 is 2.03 bits per heavy atom. The molecular formula is C28H32N5+. The zero-order valence-electron chi connectivity index (χ0n) is 19.9. The summed E-state index contributed by atoms with van der Waals surface area (Å²) >= 11 is 0. The van der Waals surface area contributed by atoms with Gasteiger partial charge in [-0.15, -0.1) is 0 Å². The average molecular weight is 439 g/mol. The van der Waals surface area contributed by atoms with Crippen molar-refractivity contribution in [2.75, 3.05) is 35.4 Å². The lowest BCUT2D eigenvalue weighted by Crippen LogP contribution is -2.34. The van der Waals surface area contributed by atoms with E-state index in [9.17, 15) is 0 Å². The number of para-hydroxylation sites is 1. The molecule has 3 aromatic carbocycles. The van der Waals surface area contributed by atoms with E-state index in [-0.39, 0.29) is 0 Å². The average Bonchev–Trinajstić information content (AvgIpc) is 2.86. The Hall–Kier alpha value is -3.86. The van der Waals surface area contributed by atoms with Crippen molar-refractivity contribution in [1.82, 2.24) is 0 Å². The fraction of sp³-hybridized carbons (Fsp3) is 0.214. The molecule has 1 aromatic heterocycles. The van der Waals surface area contributed by atoms with E-state index < -0.39 is 0 Å². The van der Waals surface area contributed by atoms with Crippen molar-refractivity contribution < 1.29 is 4.57 Å². The Bertz CT molecular complexity index is 1230. The van der Waals surface area contributed by atoms with E-state index >= 15 is 0 Å². The maximum absolute atomic E-state index is 4.65. The molecule has 0 radical (unpaired) electrons. The smallest absolute Gasteiger partial charge is 0.225 e. The molecule has 4 rings (SSSR count). The van der Waals surface area contributed by atoms with Gasteiger partial charge in [-0.2, -0.15) is 9.67 Å². The van der Waals surface area contributed by atoms with Crippen LogP contribution in [0.1, 0.15) is 19.5 Å². The van der Waals surface area contributed by atoms with Crippen LogP contribution in [0, 0.1) is 0 Å². The second kappa shape index (κ2) is 10.2. The largest absolute Gasteiger partial charge is 0.372 e. The summed E-state index contributed by atoms with van der Waals surface area (Å²) in [6.45, 7) is 6.39. The monoisotopic (exact) mass is 438 g/mol. The van der Waals surface area contributed by atoms with Gasteiger partial charge in [-0.3, -0.25) is 5.01 Å². The molecule has 1 N–H and O–H groups in total. The summed E-state index contributed by atoms with van der Waals surface area (Å²) in [5.74, 6) is 0. The van der Waals surface area contributed by atoms with Gasteiger partial charge in [-0.1, -0.05) is 12.1 Å². The number of pyridine rings is 1. The Labute approximate surface area is 196 Å². The highest BCUT2D eigenvalue weighted by Crippen LogP contribution is 2.23. The summed E-state index contributed by atoms with van der Waals surface area (Å²) in [5.41, 5.74) is 6.63. The molecule has 168 valence electrons. The minimum absolute atomic E-state index is 1.01. The number of nitrogens with one attached hydrogen (secondary N) is 1. The number of hydrogen-bond acceptors (Lipinski definition) is 4. The van der Waals surface area contributed by atoms with Crippen LogP contribution in [0.4, 0.5) is 22.7 Å². The van der Waals surface area contributed by atoms with Crippen molar-refractivity contribution in [2.45, 2.75) is 13.8 Å². The summed E-state index contributed by atoms with van der Waals surface area (Å²) < 4.78 is 2.16. The predicted octanol–water partition coefficient (Wildman–Crippen LogP) is 5.72. The number of aromatic nitrogens is 1. The molecule has 0 amide bonds. The van der Waals surface area contributed by atoms with Gasteiger partial charge in [0.05, 0.1) is 5.69 Å². The van der Waals surface area contributed by atoms with Crippen molar-refractivity contribution >= 4 is 39.9 Å². The Balaban J connectivity index is 1.42. The first-order valence-electron chi connectivity index (χ1n) is 11.5. The molecule has 33 heavy (non-hydrogen) atoms. The third-order valence-electron chi connectivity index (χ3n) is 6.01. The van der Waals surface area contributed by atoms with Crippen molar-refractivity contribution in [3.8, 4) is 0 Å². The van der Waals surface area contributed by atoms with E-state index in [0.29, 0.717) is 0 Å². The first-order valence-corrected chi connectivity index (χ1v) is 11.5. The summed E-state index contributed by atoms with van der Waals surface area (Å²) in [7, 11) is 4.03. The van der Waals surface area contributed by atoms with Crippen LogP contribution in [-0.4, -0.2) is 26.4 Å². The van der Waals surface area contributed by atoms with E-state index in [4.69, 9.17) is 0 Å². The number of benzene rings is 3. The molecule has 0 saturated heterocycles. The molecule has 0 aliphatic heterocycles. The van der Waals surface area contributed by atoms with E-state index in [2.05, 4.69) is 126 Å². The van der Waals surface area contributed by atoms with Crippen LogP contribution in [0.2, 0.25) is 0 Å². The maximum atomic E-state index is 4.65. The van der Waals surface area contributed by atoms with E-state index in [1.807, 2.05) is 18.3 Å². The Kier molecular flexibility index (Phi) is 6.89.